The Kier molecular flexibility index (Phi) is 6.91. The molecule has 3 aromatic rings. The topological polar surface area (TPSA) is 56.2 Å². The van der Waals surface area contributed by atoms with E-state index >= 15 is 0 Å². The summed E-state index contributed by atoms with van der Waals surface area (Å²) in [7, 11) is 0. The van der Waals surface area contributed by atoms with Crippen LogP contribution in [0.4, 0.5) is 0 Å². The second-order valence-electron chi connectivity index (χ2n) is 7.80. The Hall–Kier alpha value is -2.82. The van der Waals surface area contributed by atoms with Crippen molar-refractivity contribution in [2.24, 2.45) is 5.92 Å². The lowest BCUT2D eigenvalue weighted by Gasteiger charge is -2.14. The maximum absolute atomic E-state index is 12.2. The quantitative estimate of drug-likeness (QED) is 0.585. The van der Waals surface area contributed by atoms with E-state index < -0.39 is 0 Å². The fraction of sp³-hybridized carbons (Fsp3) is 0.417. The highest BCUT2D eigenvalue weighted by molar-refractivity contribution is 5.78. The van der Waals surface area contributed by atoms with Crippen LogP contribution in [0.3, 0.4) is 0 Å². The summed E-state index contributed by atoms with van der Waals surface area (Å²) in [5.41, 5.74) is 4.32. The third-order valence-corrected chi connectivity index (χ3v) is 5.30. The molecule has 0 fully saturated rings. The second-order valence-corrected chi connectivity index (χ2v) is 7.80. The van der Waals surface area contributed by atoms with Crippen LogP contribution >= 0.6 is 0 Å². The average Bonchev–Trinajstić information content (AvgIpc) is 3.06. The molecule has 0 bridgehead atoms. The largest absolute Gasteiger partial charge is 0.483 e. The minimum atomic E-state index is -0.115. The van der Waals surface area contributed by atoms with E-state index in [1.54, 1.807) is 0 Å². The van der Waals surface area contributed by atoms with E-state index in [-0.39, 0.29) is 12.5 Å². The fourth-order valence-corrected chi connectivity index (χ4v) is 3.33. The number of nitrogens with one attached hydrogen (secondary N) is 1. The normalized spacial score (nSPS) is 12.1. The molecule has 0 aliphatic carbocycles. The molecule has 0 aliphatic rings. The number of fused-ring (bicyclic) bond motifs is 1. The highest BCUT2D eigenvalue weighted by Gasteiger charge is 2.13. The van der Waals surface area contributed by atoms with Crippen LogP contribution in [0, 0.1) is 19.8 Å². The number of hydrogen-bond donors (Lipinski definition) is 1. The van der Waals surface area contributed by atoms with Crippen LogP contribution in [0.15, 0.2) is 42.5 Å². The van der Waals surface area contributed by atoms with Crippen molar-refractivity contribution in [2.75, 3.05) is 13.2 Å². The molecule has 0 spiro atoms. The second kappa shape index (κ2) is 9.59. The van der Waals surface area contributed by atoms with E-state index in [0.29, 0.717) is 18.9 Å². The van der Waals surface area contributed by atoms with Crippen LogP contribution in [0.5, 0.6) is 5.75 Å². The SMILES string of the molecule is CCC(C)Cn1c(CCNC(=O)COc2cc(C)ccc2C)nc2ccccc21. The number of amides is 1. The first-order valence-electron chi connectivity index (χ1n) is 10.4. The van der Waals surface area contributed by atoms with Gasteiger partial charge < -0.3 is 14.6 Å². The molecule has 1 amide bonds. The molecule has 0 radical (unpaired) electrons. The van der Waals surface area contributed by atoms with E-state index in [0.717, 1.165) is 46.7 Å². The Morgan fingerprint density at radius 3 is 2.79 bits per heavy atom. The predicted octanol–water partition coefficient (Wildman–Crippen LogP) is 4.44. The number of imidazole rings is 1. The Morgan fingerprint density at radius 1 is 1.21 bits per heavy atom. The zero-order chi connectivity index (χ0) is 20.8. The summed E-state index contributed by atoms with van der Waals surface area (Å²) in [6, 6.07) is 14.2. The molecule has 29 heavy (non-hydrogen) atoms. The zero-order valence-electron chi connectivity index (χ0n) is 17.9. The van der Waals surface area contributed by atoms with Crippen molar-refractivity contribution in [3.05, 3.63) is 59.4 Å². The first kappa shape index (κ1) is 20.9. The highest BCUT2D eigenvalue weighted by Crippen LogP contribution is 2.20. The van der Waals surface area contributed by atoms with E-state index in [1.807, 2.05) is 50.2 Å². The van der Waals surface area contributed by atoms with Crippen molar-refractivity contribution in [1.82, 2.24) is 14.9 Å². The van der Waals surface area contributed by atoms with E-state index in [1.165, 1.54) is 0 Å². The lowest BCUT2D eigenvalue weighted by atomic mass is 10.1. The fourth-order valence-electron chi connectivity index (χ4n) is 3.33. The molecular weight excluding hydrogens is 362 g/mol. The van der Waals surface area contributed by atoms with Crippen molar-refractivity contribution in [2.45, 2.75) is 47.1 Å². The summed E-state index contributed by atoms with van der Waals surface area (Å²) >= 11 is 0. The third-order valence-electron chi connectivity index (χ3n) is 5.30. The Bertz CT molecular complexity index is 977. The van der Waals surface area contributed by atoms with Crippen LogP contribution in [0.2, 0.25) is 0 Å². The maximum Gasteiger partial charge on any atom is 0.257 e. The molecule has 1 unspecified atom stereocenters. The van der Waals surface area contributed by atoms with Gasteiger partial charge in [-0.15, -0.1) is 0 Å². The maximum atomic E-state index is 12.2. The van der Waals surface area contributed by atoms with Crippen LogP contribution in [0.1, 0.15) is 37.2 Å². The molecule has 2 aromatic carbocycles. The summed E-state index contributed by atoms with van der Waals surface area (Å²) in [4.78, 5) is 17.0. The molecule has 1 aromatic heterocycles. The number of carbonyl (C=O) groups is 1. The number of hydrogen-bond acceptors (Lipinski definition) is 3. The van der Waals surface area contributed by atoms with E-state index in [9.17, 15) is 4.79 Å². The molecular formula is C24H31N3O2. The van der Waals surface area contributed by atoms with Gasteiger partial charge in [0, 0.05) is 19.5 Å². The van der Waals surface area contributed by atoms with E-state index in [2.05, 4.69) is 29.8 Å². The Morgan fingerprint density at radius 2 is 2.00 bits per heavy atom. The Labute approximate surface area is 173 Å². The average molecular weight is 394 g/mol. The summed E-state index contributed by atoms with van der Waals surface area (Å²) in [5.74, 6) is 2.24. The van der Waals surface area contributed by atoms with Gasteiger partial charge in [0.25, 0.3) is 5.91 Å². The summed E-state index contributed by atoms with van der Waals surface area (Å²) in [6.45, 7) is 9.96. The van der Waals surface area contributed by atoms with Gasteiger partial charge in [-0.2, -0.15) is 0 Å². The molecule has 0 saturated heterocycles. The molecule has 5 nitrogen and oxygen atoms in total. The van der Waals surface area contributed by atoms with Gasteiger partial charge in [-0.1, -0.05) is 44.5 Å². The minimum Gasteiger partial charge on any atom is -0.483 e. The van der Waals surface area contributed by atoms with Gasteiger partial charge >= 0.3 is 0 Å². The summed E-state index contributed by atoms with van der Waals surface area (Å²) in [6.07, 6.45) is 1.82. The standard InChI is InChI=1S/C24H31N3O2/c1-5-17(2)15-27-21-9-7-6-8-20(21)26-23(27)12-13-25-24(28)16-29-22-14-18(3)10-11-19(22)4/h6-11,14,17H,5,12-13,15-16H2,1-4H3,(H,25,28). The summed E-state index contributed by atoms with van der Waals surface area (Å²) < 4.78 is 7.98. The first-order valence-corrected chi connectivity index (χ1v) is 10.4. The number of ether oxygens (including phenoxy) is 1. The molecule has 1 N–H and O–H groups in total. The Balaban J connectivity index is 1.58. The van der Waals surface area contributed by atoms with Crippen molar-refractivity contribution in [1.29, 1.82) is 0 Å². The van der Waals surface area contributed by atoms with Gasteiger partial charge in [0.15, 0.2) is 6.61 Å². The predicted molar refractivity (Wildman–Crippen MR) is 117 cm³/mol. The molecule has 0 saturated carbocycles. The molecule has 1 atom stereocenters. The van der Waals surface area contributed by atoms with Crippen molar-refractivity contribution in [3.63, 3.8) is 0 Å². The number of aromatic nitrogens is 2. The number of para-hydroxylation sites is 2. The molecule has 1 heterocycles. The first-order chi connectivity index (χ1) is 14.0. The monoisotopic (exact) mass is 393 g/mol. The van der Waals surface area contributed by atoms with Gasteiger partial charge in [0.1, 0.15) is 11.6 Å². The smallest absolute Gasteiger partial charge is 0.257 e. The number of benzene rings is 2. The number of rotatable bonds is 9. The molecule has 3 rings (SSSR count). The molecule has 154 valence electrons. The van der Waals surface area contributed by atoms with Crippen LogP contribution in [-0.2, 0) is 17.8 Å². The number of carbonyl (C=O) groups excluding carboxylic acids is 1. The molecule has 0 aliphatic heterocycles. The number of nitrogens with zero attached hydrogens (tertiary/aromatic N) is 2. The lowest BCUT2D eigenvalue weighted by Crippen LogP contribution is -2.31. The van der Waals surface area contributed by atoms with Gasteiger partial charge in [-0.05, 0) is 49.1 Å². The van der Waals surface area contributed by atoms with Crippen LogP contribution in [-0.4, -0.2) is 28.6 Å². The van der Waals surface area contributed by atoms with Gasteiger partial charge in [-0.25, -0.2) is 4.98 Å². The zero-order valence-corrected chi connectivity index (χ0v) is 17.9. The third kappa shape index (κ3) is 5.37. The van der Waals surface area contributed by atoms with Crippen molar-refractivity contribution in [3.8, 4) is 5.75 Å². The highest BCUT2D eigenvalue weighted by atomic mass is 16.5. The molecule has 5 heteroatoms. The van der Waals surface area contributed by atoms with E-state index in [4.69, 9.17) is 9.72 Å². The van der Waals surface area contributed by atoms with Crippen LogP contribution in [0.25, 0.3) is 11.0 Å². The van der Waals surface area contributed by atoms with Gasteiger partial charge in [0.2, 0.25) is 0 Å². The minimum absolute atomic E-state index is 0.0214. The van der Waals surface area contributed by atoms with Gasteiger partial charge in [0.05, 0.1) is 11.0 Å². The van der Waals surface area contributed by atoms with Crippen molar-refractivity contribution < 1.29 is 9.53 Å². The van der Waals surface area contributed by atoms with Crippen LogP contribution < -0.4 is 10.1 Å². The summed E-state index contributed by atoms with van der Waals surface area (Å²) in [5, 5.41) is 2.96. The number of aryl methyl sites for hydroxylation is 2. The van der Waals surface area contributed by atoms with Gasteiger partial charge in [-0.3, -0.25) is 4.79 Å². The van der Waals surface area contributed by atoms with Crippen molar-refractivity contribution >= 4 is 16.9 Å². The lowest BCUT2D eigenvalue weighted by molar-refractivity contribution is -0.123.